The third kappa shape index (κ3) is 4.19. The number of benzene rings is 1. The first-order valence-electron chi connectivity index (χ1n) is 8.36. The number of nitrogens with zero attached hydrogens (tertiary/aromatic N) is 1. The van der Waals surface area contributed by atoms with Gasteiger partial charge in [-0.2, -0.15) is 0 Å². The Hall–Kier alpha value is -2.24. The fraction of sp³-hybridized carbons (Fsp3) is 0.556. The highest BCUT2D eigenvalue weighted by Crippen LogP contribution is 2.30. The second kappa shape index (κ2) is 8.04. The van der Waals surface area contributed by atoms with Crippen molar-refractivity contribution in [3.05, 3.63) is 23.8 Å². The molecule has 1 aromatic carbocycles. The number of hydrogen-bond donors (Lipinski definition) is 1. The highest BCUT2D eigenvalue weighted by atomic mass is 16.5. The molecule has 0 aliphatic carbocycles. The summed E-state index contributed by atoms with van der Waals surface area (Å²) in [4.78, 5) is 25.4. The lowest BCUT2D eigenvalue weighted by molar-refractivity contribution is -0.139. The standard InChI is InChI=1S/C18H25NO5/c1-4-23-16-10-14(7-8-15(16)24-11-17(20)21)18(22)19-9-5-6-12(2)13(19)3/h7-8,10,12-13H,4-6,9,11H2,1-3H3,(H,20,21). The van der Waals surface area contributed by atoms with Gasteiger partial charge in [-0.1, -0.05) is 6.92 Å². The van der Waals surface area contributed by atoms with E-state index in [1.165, 1.54) is 0 Å². The molecule has 1 aliphatic rings. The molecule has 0 saturated carbocycles. The minimum Gasteiger partial charge on any atom is -0.490 e. The van der Waals surface area contributed by atoms with Crippen molar-refractivity contribution in [3.63, 3.8) is 0 Å². The zero-order valence-corrected chi connectivity index (χ0v) is 14.4. The SMILES string of the molecule is CCOc1cc(C(=O)N2CCCC(C)C2C)ccc1OCC(=O)O. The topological polar surface area (TPSA) is 76.1 Å². The van der Waals surface area contributed by atoms with Gasteiger partial charge in [0.05, 0.1) is 6.61 Å². The molecule has 0 aromatic heterocycles. The number of hydrogen-bond acceptors (Lipinski definition) is 4. The lowest BCUT2D eigenvalue weighted by atomic mass is 9.91. The van der Waals surface area contributed by atoms with Gasteiger partial charge >= 0.3 is 5.97 Å². The first kappa shape index (κ1) is 18.1. The van der Waals surface area contributed by atoms with Crippen LogP contribution < -0.4 is 9.47 Å². The molecule has 1 N–H and O–H groups in total. The molecule has 1 amide bonds. The minimum absolute atomic E-state index is 0.0280. The highest BCUT2D eigenvalue weighted by Gasteiger charge is 2.29. The number of ether oxygens (including phenoxy) is 2. The molecule has 2 rings (SSSR count). The fourth-order valence-electron chi connectivity index (χ4n) is 2.96. The van der Waals surface area contributed by atoms with Crippen molar-refractivity contribution in [2.45, 2.75) is 39.7 Å². The summed E-state index contributed by atoms with van der Waals surface area (Å²) >= 11 is 0. The number of carboxylic acids is 1. The zero-order valence-electron chi connectivity index (χ0n) is 14.4. The number of piperidine rings is 1. The van der Waals surface area contributed by atoms with Crippen LogP contribution >= 0.6 is 0 Å². The first-order valence-corrected chi connectivity index (χ1v) is 8.36. The van der Waals surface area contributed by atoms with Gasteiger partial charge in [-0.3, -0.25) is 4.79 Å². The first-order chi connectivity index (χ1) is 11.4. The number of rotatable bonds is 6. The molecule has 1 aromatic rings. The van der Waals surface area contributed by atoms with Crippen LogP contribution in [0.25, 0.3) is 0 Å². The normalized spacial score (nSPS) is 20.5. The van der Waals surface area contributed by atoms with Crippen LogP contribution in [-0.2, 0) is 4.79 Å². The van der Waals surface area contributed by atoms with E-state index in [9.17, 15) is 9.59 Å². The van der Waals surface area contributed by atoms with Crippen molar-refractivity contribution in [2.75, 3.05) is 19.8 Å². The largest absolute Gasteiger partial charge is 0.490 e. The quantitative estimate of drug-likeness (QED) is 0.865. The molecule has 1 saturated heterocycles. The van der Waals surface area contributed by atoms with Crippen LogP contribution in [0.2, 0.25) is 0 Å². The van der Waals surface area contributed by atoms with Gasteiger partial charge in [-0.15, -0.1) is 0 Å². The average molecular weight is 335 g/mol. The molecule has 2 atom stereocenters. The Bertz CT molecular complexity index is 601. The van der Waals surface area contributed by atoms with E-state index < -0.39 is 12.6 Å². The van der Waals surface area contributed by atoms with E-state index in [1.54, 1.807) is 18.2 Å². The van der Waals surface area contributed by atoms with E-state index in [2.05, 4.69) is 13.8 Å². The Morgan fingerprint density at radius 2 is 2.00 bits per heavy atom. The number of carbonyl (C=O) groups excluding carboxylic acids is 1. The minimum atomic E-state index is -1.06. The van der Waals surface area contributed by atoms with Crippen LogP contribution in [0.5, 0.6) is 11.5 Å². The van der Waals surface area contributed by atoms with Crippen LogP contribution in [0.15, 0.2) is 18.2 Å². The van der Waals surface area contributed by atoms with Crippen LogP contribution in [-0.4, -0.2) is 47.7 Å². The summed E-state index contributed by atoms with van der Waals surface area (Å²) < 4.78 is 10.7. The number of amides is 1. The van der Waals surface area contributed by atoms with E-state index in [0.717, 1.165) is 19.4 Å². The maximum absolute atomic E-state index is 12.8. The molecule has 0 bridgehead atoms. The highest BCUT2D eigenvalue weighted by molar-refractivity contribution is 5.95. The van der Waals surface area contributed by atoms with Gasteiger partial charge < -0.3 is 19.5 Å². The van der Waals surface area contributed by atoms with E-state index in [4.69, 9.17) is 14.6 Å². The van der Waals surface area contributed by atoms with Crippen LogP contribution in [0.3, 0.4) is 0 Å². The van der Waals surface area contributed by atoms with Gasteiger partial charge in [-0.05, 0) is 50.8 Å². The number of aliphatic carboxylic acids is 1. The third-order valence-corrected chi connectivity index (χ3v) is 4.48. The molecule has 0 radical (unpaired) electrons. The van der Waals surface area contributed by atoms with Crippen molar-refractivity contribution in [1.29, 1.82) is 0 Å². The van der Waals surface area contributed by atoms with Gasteiger partial charge in [0, 0.05) is 18.2 Å². The van der Waals surface area contributed by atoms with E-state index in [0.29, 0.717) is 29.6 Å². The summed E-state index contributed by atoms with van der Waals surface area (Å²) in [5.74, 6) is 0.110. The predicted molar refractivity (Wildman–Crippen MR) is 89.6 cm³/mol. The maximum Gasteiger partial charge on any atom is 0.341 e. The molecule has 6 nitrogen and oxygen atoms in total. The molecular formula is C18H25NO5. The maximum atomic E-state index is 12.8. The summed E-state index contributed by atoms with van der Waals surface area (Å²) in [6.07, 6.45) is 2.15. The molecule has 1 heterocycles. The summed E-state index contributed by atoms with van der Waals surface area (Å²) in [5, 5.41) is 8.74. The van der Waals surface area contributed by atoms with Crippen LogP contribution in [0.1, 0.15) is 44.0 Å². The second-order valence-electron chi connectivity index (χ2n) is 6.14. The Labute approximate surface area is 142 Å². The van der Waals surface area contributed by atoms with Gasteiger partial charge in [0.1, 0.15) is 0 Å². The molecule has 132 valence electrons. The predicted octanol–water partition coefficient (Wildman–Crippen LogP) is 2.81. The number of carboxylic acid groups (broad SMARTS) is 1. The smallest absolute Gasteiger partial charge is 0.341 e. The molecule has 2 unspecified atom stereocenters. The van der Waals surface area contributed by atoms with Gasteiger partial charge in [0.2, 0.25) is 0 Å². The Balaban J connectivity index is 2.21. The lowest BCUT2D eigenvalue weighted by Crippen LogP contribution is -2.46. The average Bonchev–Trinajstić information content (AvgIpc) is 2.55. The van der Waals surface area contributed by atoms with Crippen molar-refractivity contribution in [2.24, 2.45) is 5.92 Å². The Morgan fingerprint density at radius 1 is 1.25 bits per heavy atom. The van der Waals surface area contributed by atoms with Crippen LogP contribution in [0, 0.1) is 5.92 Å². The zero-order chi connectivity index (χ0) is 17.7. The van der Waals surface area contributed by atoms with Crippen molar-refractivity contribution in [3.8, 4) is 11.5 Å². The number of carbonyl (C=O) groups is 2. The van der Waals surface area contributed by atoms with Crippen LogP contribution in [0.4, 0.5) is 0 Å². The second-order valence-corrected chi connectivity index (χ2v) is 6.14. The Morgan fingerprint density at radius 3 is 2.67 bits per heavy atom. The summed E-state index contributed by atoms with van der Waals surface area (Å²) in [6, 6.07) is 5.09. The molecule has 0 spiro atoms. The molecule has 1 fully saturated rings. The Kier molecular flexibility index (Phi) is 6.06. The van der Waals surface area contributed by atoms with E-state index in [1.807, 2.05) is 11.8 Å². The third-order valence-electron chi connectivity index (χ3n) is 4.48. The van der Waals surface area contributed by atoms with Crippen molar-refractivity contribution < 1.29 is 24.2 Å². The summed E-state index contributed by atoms with van der Waals surface area (Å²) in [6.45, 7) is 6.77. The molecule has 1 aliphatic heterocycles. The molecule has 6 heteroatoms. The van der Waals surface area contributed by atoms with Gasteiger partial charge in [-0.25, -0.2) is 4.79 Å². The van der Waals surface area contributed by atoms with E-state index in [-0.39, 0.29) is 11.9 Å². The molecular weight excluding hydrogens is 310 g/mol. The summed E-state index contributed by atoms with van der Waals surface area (Å²) in [7, 11) is 0. The van der Waals surface area contributed by atoms with Crippen molar-refractivity contribution in [1.82, 2.24) is 4.90 Å². The molecule has 24 heavy (non-hydrogen) atoms. The lowest BCUT2D eigenvalue weighted by Gasteiger charge is -2.38. The van der Waals surface area contributed by atoms with Gasteiger partial charge in [0.15, 0.2) is 18.1 Å². The monoisotopic (exact) mass is 335 g/mol. The summed E-state index contributed by atoms with van der Waals surface area (Å²) in [5.41, 5.74) is 0.530. The van der Waals surface area contributed by atoms with Crippen molar-refractivity contribution >= 4 is 11.9 Å². The van der Waals surface area contributed by atoms with E-state index >= 15 is 0 Å². The fourth-order valence-corrected chi connectivity index (χ4v) is 2.96. The number of likely N-dealkylation sites (tertiary alicyclic amines) is 1. The van der Waals surface area contributed by atoms with Gasteiger partial charge in [0.25, 0.3) is 5.91 Å².